The van der Waals surface area contributed by atoms with Gasteiger partial charge in [-0.1, -0.05) is 24.3 Å². The van der Waals surface area contributed by atoms with E-state index < -0.39 is 0 Å². The highest BCUT2D eigenvalue weighted by atomic mass is 16.6. The average Bonchev–Trinajstić information content (AvgIpc) is 3.23. The quantitative estimate of drug-likeness (QED) is 0.623. The zero-order valence-corrected chi connectivity index (χ0v) is 17.1. The molecule has 0 saturated carbocycles. The van der Waals surface area contributed by atoms with Crippen LogP contribution in [0.1, 0.15) is 24.0 Å². The van der Waals surface area contributed by atoms with E-state index in [0.29, 0.717) is 43.5 Å². The normalized spacial score (nSPS) is 16.7. The maximum atomic E-state index is 13.1. The van der Waals surface area contributed by atoms with E-state index in [4.69, 9.17) is 9.37 Å². The number of ether oxygens (including phenoxy) is 1. The zero-order valence-electron chi connectivity index (χ0n) is 17.1. The zero-order chi connectivity index (χ0) is 21.1. The molecule has 1 fully saturated rings. The minimum absolute atomic E-state index is 0.0332. The Labute approximate surface area is 174 Å². The highest BCUT2D eigenvalue weighted by Gasteiger charge is 2.32. The van der Waals surface area contributed by atoms with Crippen LogP contribution in [0.2, 0.25) is 0 Å². The van der Waals surface area contributed by atoms with Crippen LogP contribution in [0.15, 0.2) is 47.1 Å². The van der Waals surface area contributed by atoms with Gasteiger partial charge >= 0.3 is 0 Å². The SMILES string of the molecule is COc1ccccc1CN1CC(C(=O)N(C)Cc2ccc3nonc3c2)CCC1=O. The van der Waals surface area contributed by atoms with Gasteiger partial charge < -0.3 is 14.5 Å². The molecule has 0 N–H and O–H groups in total. The summed E-state index contributed by atoms with van der Waals surface area (Å²) in [5.41, 5.74) is 3.24. The summed E-state index contributed by atoms with van der Waals surface area (Å²) >= 11 is 0. The third-order valence-electron chi connectivity index (χ3n) is 5.52. The van der Waals surface area contributed by atoms with Crippen molar-refractivity contribution in [3.63, 3.8) is 0 Å². The maximum Gasteiger partial charge on any atom is 0.227 e. The minimum Gasteiger partial charge on any atom is -0.496 e. The molecule has 1 aliphatic heterocycles. The molecule has 1 aromatic heterocycles. The fourth-order valence-electron chi connectivity index (χ4n) is 3.90. The van der Waals surface area contributed by atoms with Crippen LogP contribution in [0.25, 0.3) is 11.0 Å². The Morgan fingerprint density at radius 3 is 2.87 bits per heavy atom. The van der Waals surface area contributed by atoms with Crippen molar-refractivity contribution in [1.82, 2.24) is 20.1 Å². The molecular weight excluding hydrogens is 384 g/mol. The van der Waals surface area contributed by atoms with Crippen molar-refractivity contribution in [2.45, 2.75) is 25.9 Å². The van der Waals surface area contributed by atoms with Crippen molar-refractivity contribution in [3.8, 4) is 5.75 Å². The lowest BCUT2D eigenvalue weighted by atomic mass is 9.95. The van der Waals surface area contributed by atoms with Crippen molar-refractivity contribution in [3.05, 3.63) is 53.6 Å². The number of fused-ring (bicyclic) bond motifs is 1. The molecule has 0 aliphatic carbocycles. The number of hydrogen-bond acceptors (Lipinski definition) is 6. The number of methoxy groups -OCH3 is 1. The molecule has 0 bridgehead atoms. The summed E-state index contributed by atoms with van der Waals surface area (Å²) in [5.74, 6) is 0.621. The van der Waals surface area contributed by atoms with E-state index in [1.165, 1.54) is 0 Å². The van der Waals surface area contributed by atoms with Crippen LogP contribution in [0.3, 0.4) is 0 Å². The first kappa shape index (κ1) is 19.9. The summed E-state index contributed by atoms with van der Waals surface area (Å²) in [5, 5.41) is 7.65. The summed E-state index contributed by atoms with van der Waals surface area (Å²) in [6, 6.07) is 13.2. The van der Waals surface area contributed by atoms with E-state index in [9.17, 15) is 9.59 Å². The van der Waals surface area contributed by atoms with Crippen molar-refractivity contribution in [1.29, 1.82) is 0 Å². The molecule has 1 saturated heterocycles. The van der Waals surface area contributed by atoms with E-state index in [0.717, 1.165) is 16.9 Å². The third kappa shape index (κ3) is 4.12. The average molecular weight is 408 g/mol. The van der Waals surface area contributed by atoms with Crippen molar-refractivity contribution in [2.24, 2.45) is 5.92 Å². The molecule has 30 heavy (non-hydrogen) atoms. The summed E-state index contributed by atoms with van der Waals surface area (Å²) in [4.78, 5) is 29.0. The number of likely N-dealkylation sites (tertiary alicyclic amines) is 1. The first-order valence-electron chi connectivity index (χ1n) is 9.91. The van der Waals surface area contributed by atoms with Gasteiger partial charge in [0.2, 0.25) is 11.8 Å². The van der Waals surface area contributed by atoms with Gasteiger partial charge in [0.25, 0.3) is 0 Å². The molecule has 2 aromatic carbocycles. The molecule has 1 unspecified atom stereocenters. The lowest BCUT2D eigenvalue weighted by Gasteiger charge is -2.34. The van der Waals surface area contributed by atoms with Crippen LogP contribution in [0.5, 0.6) is 5.75 Å². The van der Waals surface area contributed by atoms with Gasteiger partial charge in [-0.2, -0.15) is 0 Å². The van der Waals surface area contributed by atoms with Crippen LogP contribution in [0.4, 0.5) is 0 Å². The molecular formula is C22H24N4O4. The van der Waals surface area contributed by atoms with Crippen molar-refractivity contribution in [2.75, 3.05) is 20.7 Å². The Balaban J connectivity index is 1.42. The van der Waals surface area contributed by atoms with E-state index >= 15 is 0 Å². The fourth-order valence-corrected chi connectivity index (χ4v) is 3.90. The van der Waals surface area contributed by atoms with E-state index in [-0.39, 0.29) is 17.7 Å². The number of para-hydroxylation sites is 1. The second kappa shape index (κ2) is 8.52. The van der Waals surface area contributed by atoms with Gasteiger partial charge in [0.05, 0.1) is 13.0 Å². The number of carbonyl (C=O) groups excluding carboxylic acids is 2. The van der Waals surface area contributed by atoms with Crippen molar-refractivity contribution >= 4 is 22.8 Å². The number of piperidine rings is 1. The first-order valence-corrected chi connectivity index (χ1v) is 9.91. The second-order valence-electron chi connectivity index (χ2n) is 7.60. The van der Waals surface area contributed by atoms with Gasteiger partial charge in [0.15, 0.2) is 0 Å². The van der Waals surface area contributed by atoms with Gasteiger partial charge in [0.1, 0.15) is 16.8 Å². The maximum absolute atomic E-state index is 13.1. The predicted octanol–water partition coefficient (Wildman–Crippen LogP) is 2.63. The number of rotatable bonds is 6. The number of aromatic nitrogens is 2. The van der Waals surface area contributed by atoms with Crippen LogP contribution >= 0.6 is 0 Å². The molecule has 3 aromatic rings. The highest BCUT2D eigenvalue weighted by molar-refractivity contribution is 5.84. The Morgan fingerprint density at radius 2 is 2.03 bits per heavy atom. The molecule has 0 radical (unpaired) electrons. The van der Waals surface area contributed by atoms with Crippen LogP contribution in [0, 0.1) is 5.92 Å². The van der Waals surface area contributed by atoms with Gasteiger partial charge in [0, 0.05) is 38.7 Å². The number of nitrogens with zero attached hydrogens (tertiary/aromatic N) is 4. The lowest BCUT2D eigenvalue weighted by molar-refractivity contribution is -0.143. The molecule has 4 rings (SSSR count). The molecule has 8 heteroatoms. The molecule has 2 amide bonds. The molecule has 8 nitrogen and oxygen atoms in total. The van der Waals surface area contributed by atoms with E-state index in [1.54, 1.807) is 24.0 Å². The second-order valence-corrected chi connectivity index (χ2v) is 7.60. The topological polar surface area (TPSA) is 88.8 Å². The van der Waals surface area contributed by atoms with Crippen LogP contribution < -0.4 is 4.74 Å². The summed E-state index contributed by atoms with van der Waals surface area (Å²) < 4.78 is 10.1. The summed E-state index contributed by atoms with van der Waals surface area (Å²) in [6.45, 7) is 1.30. The fraction of sp³-hybridized carbons (Fsp3) is 0.364. The van der Waals surface area contributed by atoms with E-state index in [2.05, 4.69) is 10.3 Å². The molecule has 156 valence electrons. The Morgan fingerprint density at radius 1 is 1.23 bits per heavy atom. The van der Waals surface area contributed by atoms with Gasteiger partial charge in [-0.25, -0.2) is 4.63 Å². The minimum atomic E-state index is -0.222. The van der Waals surface area contributed by atoms with Crippen molar-refractivity contribution < 1.29 is 19.0 Å². The Hall–Kier alpha value is -3.42. The van der Waals surface area contributed by atoms with Gasteiger partial charge in [-0.05, 0) is 40.5 Å². The van der Waals surface area contributed by atoms with Gasteiger partial charge in [-0.3, -0.25) is 9.59 Å². The molecule has 1 atom stereocenters. The Kier molecular flexibility index (Phi) is 5.65. The first-order chi connectivity index (χ1) is 14.5. The lowest BCUT2D eigenvalue weighted by Crippen LogP contribution is -2.45. The largest absolute Gasteiger partial charge is 0.496 e. The summed E-state index contributed by atoms with van der Waals surface area (Å²) in [7, 11) is 3.40. The predicted molar refractivity (Wildman–Crippen MR) is 109 cm³/mol. The standard InChI is InChI=1S/C22H24N4O4/c1-25(12-15-7-9-18-19(11-15)24-30-23-18)22(28)17-8-10-21(27)26(14-17)13-16-5-3-4-6-20(16)29-2/h3-7,9,11,17H,8,10,12-14H2,1-2H3. The van der Waals surface area contributed by atoms with E-state index in [1.807, 2.05) is 42.5 Å². The molecule has 2 heterocycles. The molecule has 0 spiro atoms. The number of benzene rings is 2. The number of hydrogen-bond donors (Lipinski definition) is 0. The Bertz CT molecular complexity index is 1060. The number of amides is 2. The smallest absolute Gasteiger partial charge is 0.227 e. The summed E-state index contributed by atoms with van der Waals surface area (Å²) in [6.07, 6.45) is 0.937. The van der Waals surface area contributed by atoms with Crippen LogP contribution in [-0.2, 0) is 22.7 Å². The third-order valence-corrected chi connectivity index (χ3v) is 5.52. The molecule has 1 aliphatic rings. The van der Waals surface area contributed by atoms with Gasteiger partial charge in [-0.15, -0.1) is 0 Å². The highest BCUT2D eigenvalue weighted by Crippen LogP contribution is 2.25. The monoisotopic (exact) mass is 408 g/mol. The number of carbonyl (C=O) groups is 2. The van der Waals surface area contributed by atoms with Crippen LogP contribution in [-0.4, -0.2) is 52.6 Å².